The average molecular weight is 240 g/mol. The van der Waals surface area contributed by atoms with E-state index in [9.17, 15) is 0 Å². The number of fused-ring (bicyclic) bond motifs is 1. The molecule has 0 spiro atoms. The molecule has 1 aliphatic heterocycles. The predicted molar refractivity (Wildman–Crippen MR) is 66.2 cm³/mol. The molecule has 18 heavy (non-hydrogen) atoms. The van der Waals surface area contributed by atoms with Crippen LogP contribution in [-0.4, -0.2) is 21.5 Å². The fraction of sp³-hybridized carbons (Fsp3) is 0.250. The van der Waals surface area contributed by atoms with E-state index < -0.39 is 0 Å². The van der Waals surface area contributed by atoms with E-state index in [0.717, 1.165) is 36.6 Å². The van der Waals surface area contributed by atoms with Crippen LogP contribution in [0.4, 0.5) is 11.6 Å². The lowest BCUT2D eigenvalue weighted by atomic mass is 10.1. The van der Waals surface area contributed by atoms with Gasteiger partial charge in [0.15, 0.2) is 0 Å². The van der Waals surface area contributed by atoms with E-state index in [4.69, 9.17) is 5.26 Å². The molecule has 0 amide bonds. The molecular weight excluding hydrogens is 228 g/mol. The van der Waals surface area contributed by atoms with Crippen LogP contribution in [0, 0.1) is 11.3 Å². The summed E-state index contributed by atoms with van der Waals surface area (Å²) in [5, 5.41) is 15.4. The molecule has 0 aromatic carbocycles. The zero-order valence-corrected chi connectivity index (χ0v) is 9.70. The van der Waals surface area contributed by atoms with Crippen molar-refractivity contribution in [3.63, 3.8) is 0 Å². The molecule has 3 N–H and O–H groups in total. The van der Waals surface area contributed by atoms with Crippen molar-refractivity contribution in [2.75, 3.05) is 11.9 Å². The van der Waals surface area contributed by atoms with Crippen LogP contribution in [0.15, 0.2) is 18.3 Å². The van der Waals surface area contributed by atoms with E-state index in [-0.39, 0.29) is 5.82 Å². The lowest BCUT2D eigenvalue weighted by Gasteiger charge is -2.19. The van der Waals surface area contributed by atoms with E-state index in [1.54, 1.807) is 0 Å². The minimum absolute atomic E-state index is 0.213. The Balaban J connectivity index is 2.04. The standard InChI is InChI=1S/C12H12N6/c13-6-11-16-9-3-5-14-7-8(9)12(18-11)17-10-2-1-4-15-10/h1-2,4,14-15H,3,5,7H2,(H,16,17,18). The second-order valence-electron chi connectivity index (χ2n) is 4.07. The van der Waals surface area contributed by atoms with Crippen LogP contribution in [0.2, 0.25) is 0 Å². The summed E-state index contributed by atoms with van der Waals surface area (Å²) in [6.07, 6.45) is 2.66. The summed E-state index contributed by atoms with van der Waals surface area (Å²) in [7, 11) is 0. The summed E-state index contributed by atoms with van der Waals surface area (Å²) in [6, 6.07) is 5.82. The average Bonchev–Trinajstić information content (AvgIpc) is 2.91. The van der Waals surface area contributed by atoms with Gasteiger partial charge in [-0.1, -0.05) is 0 Å². The van der Waals surface area contributed by atoms with Gasteiger partial charge in [0.25, 0.3) is 0 Å². The SMILES string of the molecule is N#Cc1nc2c(c(Nc3ccc[nH]3)n1)CNCC2. The van der Waals surface area contributed by atoms with Crippen molar-refractivity contribution in [2.24, 2.45) is 0 Å². The Hall–Kier alpha value is -2.39. The molecule has 90 valence electrons. The molecule has 0 saturated heterocycles. The second kappa shape index (κ2) is 4.47. The van der Waals surface area contributed by atoms with Gasteiger partial charge in [0, 0.05) is 31.3 Å². The summed E-state index contributed by atoms with van der Waals surface area (Å²) < 4.78 is 0. The van der Waals surface area contributed by atoms with E-state index in [0.29, 0.717) is 5.82 Å². The highest BCUT2D eigenvalue weighted by atomic mass is 15.1. The fourth-order valence-corrected chi connectivity index (χ4v) is 2.03. The fourth-order valence-electron chi connectivity index (χ4n) is 2.03. The number of rotatable bonds is 2. The molecule has 3 heterocycles. The van der Waals surface area contributed by atoms with Gasteiger partial charge in [-0.25, -0.2) is 9.97 Å². The van der Waals surface area contributed by atoms with E-state index in [1.165, 1.54) is 0 Å². The van der Waals surface area contributed by atoms with Crippen molar-refractivity contribution in [1.29, 1.82) is 5.26 Å². The van der Waals surface area contributed by atoms with Crippen molar-refractivity contribution in [3.05, 3.63) is 35.4 Å². The van der Waals surface area contributed by atoms with E-state index >= 15 is 0 Å². The molecule has 3 rings (SSSR count). The van der Waals surface area contributed by atoms with Crippen LogP contribution in [0.5, 0.6) is 0 Å². The van der Waals surface area contributed by atoms with Crippen molar-refractivity contribution in [1.82, 2.24) is 20.3 Å². The molecule has 2 aromatic rings. The molecule has 6 nitrogen and oxygen atoms in total. The molecule has 0 unspecified atom stereocenters. The Kier molecular flexibility index (Phi) is 2.67. The number of nitrogens with zero attached hydrogens (tertiary/aromatic N) is 3. The molecular formula is C12H12N6. The Morgan fingerprint density at radius 1 is 1.39 bits per heavy atom. The zero-order valence-electron chi connectivity index (χ0n) is 9.70. The number of anilines is 2. The largest absolute Gasteiger partial charge is 0.348 e. The topological polar surface area (TPSA) is 89.4 Å². The summed E-state index contributed by atoms with van der Waals surface area (Å²) in [6.45, 7) is 1.61. The lowest BCUT2D eigenvalue weighted by Crippen LogP contribution is -2.26. The minimum Gasteiger partial charge on any atom is -0.348 e. The van der Waals surface area contributed by atoms with Crippen molar-refractivity contribution >= 4 is 11.6 Å². The highest BCUT2D eigenvalue weighted by molar-refractivity contribution is 5.58. The summed E-state index contributed by atoms with van der Waals surface area (Å²) >= 11 is 0. The molecule has 0 fully saturated rings. The molecule has 1 aliphatic rings. The monoisotopic (exact) mass is 240 g/mol. The first kappa shape index (κ1) is 10.7. The highest BCUT2D eigenvalue weighted by Crippen LogP contribution is 2.22. The number of nitriles is 1. The Labute approximate surface area is 104 Å². The number of hydrogen-bond acceptors (Lipinski definition) is 5. The van der Waals surface area contributed by atoms with Crippen molar-refractivity contribution in [3.8, 4) is 6.07 Å². The Morgan fingerprint density at radius 2 is 2.33 bits per heavy atom. The van der Waals surface area contributed by atoms with Gasteiger partial charge in [-0.15, -0.1) is 0 Å². The quantitative estimate of drug-likeness (QED) is 0.730. The molecule has 0 saturated carbocycles. The van der Waals surface area contributed by atoms with Gasteiger partial charge in [0.1, 0.15) is 17.7 Å². The number of H-pyrrole nitrogens is 1. The Bertz CT molecular complexity index is 596. The number of aromatic nitrogens is 3. The summed E-state index contributed by atoms with van der Waals surface area (Å²) in [5.41, 5.74) is 1.99. The first-order chi connectivity index (χ1) is 8.86. The van der Waals surface area contributed by atoms with Gasteiger partial charge in [-0.05, 0) is 12.1 Å². The van der Waals surface area contributed by atoms with Crippen molar-refractivity contribution in [2.45, 2.75) is 13.0 Å². The van der Waals surface area contributed by atoms with Gasteiger partial charge in [-0.2, -0.15) is 5.26 Å². The third kappa shape index (κ3) is 1.92. The normalized spacial score (nSPS) is 13.7. The smallest absolute Gasteiger partial charge is 0.234 e. The van der Waals surface area contributed by atoms with Crippen LogP contribution in [-0.2, 0) is 13.0 Å². The maximum Gasteiger partial charge on any atom is 0.234 e. The van der Waals surface area contributed by atoms with Crippen LogP contribution < -0.4 is 10.6 Å². The van der Waals surface area contributed by atoms with Gasteiger partial charge in [0.05, 0.1) is 5.69 Å². The maximum atomic E-state index is 8.96. The molecule has 0 bridgehead atoms. The van der Waals surface area contributed by atoms with E-state index in [2.05, 4.69) is 25.6 Å². The van der Waals surface area contributed by atoms with E-state index in [1.807, 2.05) is 24.4 Å². The van der Waals surface area contributed by atoms with Gasteiger partial charge in [0.2, 0.25) is 5.82 Å². The number of nitrogens with one attached hydrogen (secondary N) is 3. The minimum atomic E-state index is 0.213. The second-order valence-corrected chi connectivity index (χ2v) is 4.07. The van der Waals surface area contributed by atoms with Crippen LogP contribution in [0.1, 0.15) is 17.1 Å². The van der Waals surface area contributed by atoms with Crippen LogP contribution in [0.3, 0.4) is 0 Å². The Morgan fingerprint density at radius 3 is 3.11 bits per heavy atom. The van der Waals surface area contributed by atoms with Crippen molar-refractivity contribution < 1.29 is 0 Å². The molecule has 6 heteroatoms. The third-order valence-electron chi connectivity index (χ3n) is 2.88. The van der Waals surface area contributed by atoms with Gasteiger partial charge >= 0.3 is 0 Å². The first-order valence-electron chi connectivity index (χ1n) is 5.78. The van der Waals surface area contributed by atoms with Crippen LogP contribution in [0.25, 0.3) is 0 Å². The zero-order chi connectivity index (χ0) is 12.4. The number of hydrogen-bond donors (Lipinski definition) is 3. The maximum absolute atomic E-state index is 8.96. The highest BCUT2D eigenvalue weighted by Gasteiger charge is 2.17. The molecule has 0 aliphatic carbocycles. The number of aromatic amines is 1. The third-order valence-corrected chi connectivity index (χ3v) is 2.88. The molecule has 0 radical (unpaired) electrons. The summed E-state index contributed by atoms with van der Waals surface area (Å²) in [5.74, 6) is 1.77. The summed E-state index contributed by atoms with van der Waals surface area (Å²) in [4.78, 5) is 11.6. The predicted octanol–water partition coefficient (Wildman–Crippen LogP) is 1.07. The molecule has 0 atom stereocenters. The van der Waals surface area contributed by atoms with Gasteiger partial charge in [-0.3, -0.25) is 0 Å². The molecule has 2 aromatic heterocycles. The lowest BCUT2D eigenvalue weighted by molar-refractivity contribution is 0.626. The first-order valence-corrected chi connectivity index (χ1v) is 5.78. The van der Waals surface area contributed by atoms with Gasteiger partial charge < -0.3 is 15.6 Å². The van der Waals surface area contributed by atoms with Crippen LogP contribution >= 0.6 is 0 Å².